The van der Waals surface area contributed by atoms with Crippen molar-refractivity contribution >= 4 is 21.6 Å². The van der Waals surface area contributed by atoms with Crippen LogP contribution in [0.2, 0.25) is 0 Å². The highest BCUT2D eigenvalue weighted by molar-refractivity contribution is 7.89. The Labute approximate surface area is 124 Å². The fraction of sp³-hybridized carbons (Fsp3) is 0.133. The highest BCUT2D eigenvalue weighted by atomic mass is 32.2. The van der Waals surface area contributed by atoms with E-state index in [-0.39, 0.29) is 4.90 Å². The summed E-state index contributed by atoms with van der Waals surface area (Å²) in [6.07, 6.45) is 0. The summed E-state index contributed by atoms with van der Waals surface area (Å²) in [6.45, 7) is 1.50. The zero-order chi connectivity index (χ0) is 15.3. The Morgan fingerprint density at radius 1 is 0.952 bits per heavy atom. The third-order valence-electron chi connectivity index (χ3n) is 2.82. The molecule has 21 heavy (non-hydrogen) atoms. The van der Waals surface area contributed by atoms with E-state index in [1.165, 1.54) is 19.1 Å². The molecule has 0 aliphatic carbocycles. The summed E-state index contributed by atoms with van der Waals surface area (Å²) in [5.74, 6) is -0.416. The number of anilines is 1. The summed E-state index contributed by atoms with van der Waals surface area (Å²) in [6, 6.07) is 15.9. The third-order valence-corrected chi connectivity index (χ3v) is 4.38. The van der Waals surface area contributed by atoms with Gasteiger partial charge in [0.1, 0.15) is 0 Å². The molecule has 0 saturated carbocycles. The van der Waals surface area contributed by atoms with Gasteiger partial charge in [-0.1, -0.05) is 36.4 Å². The zero-order valence-electron chi connectivity index (χ0n) is 11.5. The maximum atomic E-state index is 12.1. The van der Waals surface area contributed by atoms with E-state index in [1.54, 1.807) is 42.5 Å². The molecule has 0 unspecified atom stereocenters. The maximum Gasteiger partial charge on any atom is 0.242 e. The van der Waals surface area contributed by atoms with Gasteiger partial charge in [0.05, 0.1) is 10.9 Å². The van der Waals surface area contributed by atoms with Crippen LogP contribution in [-0.2, 0) is 14.8 Å². The SMILES string of the molecule is C[C@@H](NS(=O)(=O)c1ccccc1)C(=O)Nc1ccccc1. The van der Waals surface area contributed by atoms with Crippen LogP contribution in [-0.4, -0.2) is 20.4 Å². The lowest BCUT2D eigenvalue weighted by Crippen LogP contribution is -2.41. The molecule has 0 saturated heterocycles. The van der Waals surface area contributed by atoms with Crippen LogP contribution in [0.3, 0.4) is 0 Å². The molecule has 0 aromatic heterocycles. The van der Waals surface area contributed by atoms with Crippen LogP contribution in [0.5, 0.6) is 0 Å². The Morgan fingerprint density at radius 3 is 2.05 bits per heavy atom. The zero-order valence-corrected chi connectivity index (χ0v) is 12.3. The van der Waals surface area contributed by atoms with E-state index in [2.05, 4.69) is 10.0 Å². The normalized spacial score (nSPS) is 12.6. The second kappa shape index (κ2) is 6.51. The number of nitrogens with one attached hydrogen (secondary N) is 2. The van der Waals surface area contributed by atoms with Gasteiger partial charge in [-0.2, -0.15) is 4.72 Å². The van der Waals surface area contributed by atoms with E-state index in [0.29, 0.717) is 5.69 Å². The molecule has 1 amide bonds. The molecule has 0 fully saturated rings. The average molecular weight is 304 g/mol. The molecule has 110 valence electrons. The van der Waals surface area contributed by atoms with Crippen molar-refractivity contribution in [3.05, 3.63) is 60.7 Å². The lowest BCUT2D eigenvalue weighted by atomic mass is 10.3. The van der Waals surface area contributed by atoms with Crippen LogP contribution in [0.25, 0.3) is 0 Å². The van der Waals surface area contributed by atoms with Crippen molar-refractivity contribution < 1.29 is 13.2 Å². The second-order valence-electron chi connectivity index (χ2n) is 4.51. The Bertz CT molecular complexity index is 700. The van der Waals surface area contributed by atoms with E-state index in [1.807, 2.05) is 6.07 Å². The van der Waals surface area contributed by atoms with Gasteiger partial charge in [-0.05, 0) is 31.2 Å². The molecule has 5 nitrogen and oxygen atoms in total. The molecule has 0 spiro atoms. The van der Waals surface area contributed by atoms with E-state index in [4.69, 9.17) is 0 Å². The number of rotatable bonds is 5. The van der Waals surface area contributed by atoms with Crippen molar-refractivity contribution in [1.82, 2.24) is 4.72 Å². The molecule has 0 aliphatic rings. The van der Waals surface area contributed by atoms with Gasteiger partial charge in [0.2, 0.25) is 15.9 Å². The summed E-state index contributed by atoms with van der Waals surface area (Å²) < 4.78 is 26.6. The van der Waals surface area contributed by atoms with Crippen LogP contribution < -0.4 is 10.0 Å². The Morgan fingerprint density at radius 2 is 1.48 bits per heavy atom. The fourth-order valence-corrected chi connectivity index (χ4v) is 2.95. The van der Waals surface area contributed by atoms with Gasteiger partial charge in [0.25, 0.3) is 0 Å². The highest BCUT2D eigenvalue weighted by Gasteiger charge is 2.21. The minimum absolute atomic E-state index is 0.129. The summed E-state index contributed by atoms with van der Waals surface area (Å²) in [5.41, 5.74) is 0.619. The van der Waals surface area contributed by atoms with E-state index >= 15 is 0 Å². The molecular weight excluding hydrogens is 288 g/mol. The lowest BCUT2D eigenvalue weighted by Gasteiger charge is -2.14. The molecule has 0 heterocycles. The maximum absolute atomic E-state index is 12.1. The van der Waals surface area contributed by atoms with Crippen molar-refractivity contribution in [2.75, 3.05) is 5.32 Å². The fourth-order valence-electron chi connectivity index (χ4n) is 1.73. The lowest BCUT2D eigenvalue weighted by molar-refractivity contribution is -0.117. The molecule has 2 aromatic carbocycles. The van der Waals surface area contributed by atoms with Gasteiger partial charge in [-0.3, -0.25) is 4.79 Å². The summed E-state index contributed by atoms with van der Waals surface area (Å²) in [5, 5.41) is 2.65. The Kier molecular flexibility index (Phi) is 4.72. The monoisotopic (exact) mass is 304 g/mol. The number of carbonyl (C=O) groups excluding carboxylic acids is 1. The summed E-state index contributed by atoms with van der Waals surface area (Å²) in [4.78, 5) is 12.1. The number of amides is 1. The first-order valence-electron chi connectivity index (χ1n) is 6.42. The van der Waals surface area contributed by atoms with Crippen molar-refractivity contribution in [2.45, 2.75) is 17.9 Å². The number of hydrogen-bond donors (Lipinski definition) is 2. The number of carbonyl (C=O) groups is 1. The van der Waals surface area contributed by atoms with Gasteiger partial charge in [0, 0.05) is 5.69 Å². The quantitative estimate of drug-likeness (QED) is 0.887. The summed E-state index contributed by atoms with van der Waals surface area (Å²) >= 11 is 0. The van der Waals surface area contributed by atoms with E-state index in [9.17, 15) is 13.2 Å². The van der Waals surface area contributed by atoms with Gasteiger partial charge < -0.3 is 5.32 Å². The number of benzene rings is 2. The molecule has 0 radical (unpaired) electrons. The number of sulfonamides is 1. The first-order valence-corrected chi connectivity index (χ1v) is 7.90. The van der Waals surface area contributed by atoms with E-state index < -0.39 is 22.0 Å². The predicted molar refractivity (Wildman–Crippen MR) is 81.3 cm³/mol. The topological polar surface area (TPSA) is 75.3 Å². The van der Waals surface area contributed by atoms with Gasteiger partial charge in [0.15, 0.2) is 0 Å². The molecule has 2 aromatic rings. The third kappa shape index (κ3) is 4.14. The van der Waals surface area contributed by atoms with Gasteiger partial charge in [-0.15, -0.1) is 0 Å². The van der Waals surface area contributed by atoms with Crippen molar-refractivity contribution in [3.8, 4) is 0 Å². The molecule has 0 aliphatic heterocycles. The second-order valence-corrected chi connectivity index (χ2v) is 6.23. The molecular formula is C15H16N2O3S. The number of para-hydroxylation sites is 1. The smallest absolute Gasteiger partial charge is 0.242 e. The molecule has 2 rings (SSSR count). The predicted octanol–water partition coefficient (Wildman–Crippen LogP) is 1.99. The van der Waals surface area contributed by atoms with Gasteiger partial charge >= 0.3 is 0 Å². The molecule has 6 heteroatoms. The highest BCUT2D eigenvalue weighted by Crippen LogP contribution is 2.09. The molecule has 2 N–H and O–H groups in total. The van der Waals surface area contributed by atoms with Crippen molar-refractivity contribution in [3.63, 3.8) is 0 Å². The minimum atomic E-state index is -3.71. The van der Waals surface area contributed by atoms with E-state index in [0.717, 1.165) is 0 Å². The van der Waals surface area contributed by atoms with Crippen molar-refractivity contribution in [2.24, 2.45) is 0 Å². The van der Waals surface area contributed by atoms with Crippen LogP contribution >= 0.6 is 0 Å². The van der Waals surface area contributed by atoms with Crippen LogP contribution in [0.1, 0.15) is 6.92 Å². The minimum Gasteiger partial charge on any atom is -0.325 e. The number of hydrogen-bond acceptors (Lipinski definition) is 3. The summed E-state index contributed by atoms with van der Waals surface area (Å²) in [7, 11) is -3.71. The van der Waals surface area contributed by atoms with Crippen molar-refractivity contribution in [1.29, 1.82) is 0 Å². The Balaban J connectivity index is 2.04. The Hall–Kier alpha value is -2.18. The standard InChI is InChI=1S/C15H16N2O3S/c1-12(15(18)16-13-8-4-2-5-9-13)17-21(19,20)14-10-6-3-7-11-14/h2-12,17H,1H3,(H,16,18)/t12-/m1/s1. The first kappa shape index (κ1) is 15.2. The van der Waals surface area contributed by atoms with Crippen LogP contribution in [0, 0.1) is 0 Å². The van der Waals surface area contributed by atoms with Crippen LogP contribution in [0.15, 0.2) is 65.6 Å². The molecule has 0 bridgehead atoms. The molecule has 1 atom stereocenters. The first-order chi connectivity index (χ1) is 9.99. The largest absolute Gasteiger partial charge is 0.325 e. The average Bonchev–Trinajstić information content (AvgIpc) is 2.48. The van der Waals surface area contributed by atoms with Gasteiger partial charge in [-0.25, -0.2) is 8.42 Å². The van der Waals surface area contributed by atoms with Crippen LogP contribution in [0.4, 0.5) is 5.69 Å².